The first kappa shape index (κ1) is 10.5. The second-order valence-electron chi connectivity index (χ2n) is 4.45. The average molecular weight is 210 g/mol. The molecule has 0 amide bonds. The van der Waals surface area contributed by atoms with Crippen molar-refractivity contribution in [3.05, 3.63) is 5.82 Å². The van der Waals surface area contributed by atoms with E-state index in [1.54, 1.807) is 4.68 Å². The van der Waals surface area contributed by atoms with E-state index in [4.69, 9.17) is 0 Å². The molecule has 1 atom stereocenters. The van der Waals surface area contributed by atoms with E-state index >= 15 is 0 Å². The predicted octanol–water partition coefficient (Wildman–Crippen LogP) is 0.923. The van der Waals surface area contributed by atoms with Gasteiger partial charge in [0, 0.05) is 0 Å². The molecular weight excluding hydrogens is 192 g/mol. The largest absolute Gasteiger partial charge is 0.391 e. The van der Waals surface area contributed by atoms with Crippen LogP contribution in [0.15, 0.2) is 0 Å². The smallest absolute Gasteiger partial charge is 0.148 e. The van der Waals surface area contributed by atoms with Gasteiger partial charge in [-0.25, -0.2) is 4.68 Å². The molecule has 1 aromatic heterocycles. The molecule has 5 nitrogen and oxygen atoms in total. The van der Waals surface area contributed by atoms with E-state index in [0.717, 1.165) is 12.2 Å². The lowest BCUT2D eigenvalue weighted by Crippen LogP contribution is -2.20. The molecule has 1 aliphatic rings. The fraction of sp³-hybridized carbons (Fsp3) is 0.900. The second kappa shape index (κ2) is 4.70. The lowest BCUT2D eigenvalue weighted by atomic mass is 10.0. The number of aryl methyl sites for hydroxylation is 1. The predicted molar refractivity (Wildman–Crippen MR) is 55.1 cm³/mol. The summed E-state index contributed by atoms with van der Waals surface area (Å²) in [5.74, 6) is 1.47. The summed E-state index contributed by atoms with van der Waals surface area (Å²) in [5, 5.41) is 21.1. The average Bonchev–Trinajstić information content (AvgIpc) is 2.79. The third kappa shape index (κ3) is 2.75. The minimum Gasteiger partial charge on any atom is -0.391 e. The molecule has 1 saturated carbocycles. The number of hydrogen-bond acceptors (Lipinski definition) is 4. The Hall–Kier alpha value is -0.970. The van der Waals surface area contributed by atoms with Crippen molar-refractivity contribution in [3.63, 3.8) is 0 Å². The van der Waals surface area contributed by atoms with Crippen molar-refractivity contribution in [2.45, 2.75) is 51.7 Å². The zero-order valence-electron chi connectivity index (χ0n) is 9.13. The number of aliphatic hydroxyl groups excluding tert-OH is 1. The molecule has 84 valence electrons. The van der Waals surface area contributed by atoms with Gasteiger partial charge in [0.2, 0.25) is 0 Å². The molecule has 0 radical (unpaired) electrons. The lowest BCUT2D eigenvalue weighted by Gasteiger charge is -2.15. The van der Waals surface area contributed by atoms with E-state index in [0.29, 0.717) is 12.5 Å². The highest BCUT2D eigenvalue weighted by atomic mass is 16.3. The fourth-order valence-corrected chi connectivity index (χ4v) is 2.32. The summed E-state index contributed by atoms with van der Waals surface area (Å²) in [6.07, 6.45) is 5.76. The van der Waals surface area contributed by atoms with E-state index in [9.17, 15) is 5.11 Å². The van der Waals surface area contributed by atoms with Crippen LogP contribution in [-0.4, -0.2) is 31.4 Å². The summed E-state index contributed by atoms with van der Waals surface area (Å²) in [7, 11) is 0. The molecule has 5 heteroatoms. The third-order valence-corrected chi connectivity index (χ3v) is 3.17. The van der Waals surface area contributed by atoms with E-state index in [1.807, 2.05) is 6.92 Å². The van der Waals surface area contributed by atoms with Crippen LogP contribution in [0.5, 0.6) is 0 Å². The van der Waals surface area contributed by atoms with Crippen molar-refractivity contribution in [2.75, 3.05) is 0 Å². The summed E-state index contributed by atoms with van der Waals surface area (Å²) in [5.41, 5.74) is 0. The van der Waals surface area contributed by atoms with E-state index in [-0.39, 0.29) is 6.10 Å². The minimum absolute atomic E-state index is 0.310. The van der Waals surface area contributed by atoms with Crippen molar-refractivity contribution in [2.24, 2.45) is 5.92 Å². The molecule has 1 aliphatic carbocycles. The first-order valence-corrected chi connectivity index (χ1v) is 5.66. The van der Waals surface area contributed by atoms with E-state index in [1.165, 1.54) is 25.7 Å². The third-order valence-electron chi connectivity index (χ3n) is 3.17. The Morgan fingerprint density at radius 3 is 2.80 bits per heavy atom. The molecule has 1 N–H and O–H groups in total. The summed E-state index contributed by atoms with van der Waals surface area (Å²) in [4.78, 5) is 0. The number of rotatable bonds is 4. The second-order valence-corrected chi connectivity index (χ2v) is 4.45. The molecule has 0 aliphatic heterocycles. The Morgan fingerprint density at radius 1 is 1.47 bits per heavy atom. The zero-order valence-corrected chi connectivity index (χ0v) is 9.13. The van der Waals surface area contributed by atoms with Gasteiger partial charge in [-0.3, -0.25) is 0 Å². The Balaban J connectivity index is 1.81. The van der Waals surface area contributed by atoms with Gasteiger partial charge in [-0.05, 0) is 29.7 Å². The Bertz CT molecular complexity index is 306. The highest BCUT2D eigenvalue weighted by Gasteiger charge is 2.19. The molecule has 0 spiro atoms. The van der Waals surface area contributed by atoms with Crippen LogP contribution >= 0.6 is 0 Å². The summed E-state index contributed by atoms with van der Waals surface area (Å²) < 4.78 is 1.67. The molecule has 0 saturated heterocycles. The molecule has 1 heterocycles. The number of nitrogens with zero attached hydrogens (tertiary/aromatic N) is 4. The van der Waals surface area contributed by atoms with Crippen LogP contribution in [0.1, 0.15) is 37.9 Å². The first-order chi connectivity index (χ1) is 7.25. The Kier molecular flexibility index (Phi) is 3.30. The van der Waals surface area contributed by atoms with E-state index < -0.39 is 0 Å². The van der Waals surface area contributed by atoms with Gasteiger partial charge in [0.05, 0.1) is 12.6 Å². The molecular formula is C10H18N4O. The van der Waals surface area contributed by atoms with Gasteiger partial charge < -0.3 is 5.11 Å². The fourth-order valence-electron chi connectivity index (χ4n) is 2.32. The van der Waals surface area contributed by atoms with Crippen molar-refractivity contribution in [1.29, 1.82) is 0 Å². The maximum atomic E-state index is 9.89. The quantitative estimate of drug-likeness (QED) is 0.802. The van der Waals surface area contributed by atoms with Gasteiger partial charge in [-0.15, -0.1) is 5.10 Å². The number of hydrogen-bond donors (Lipinski definition) is 1. The maximum absolute atomic E-state index is 9.89. The normalized spacial score (nSPS) is 19.6. The van der Waals surface area contributed by atoms with Crippen molar-refractivity contribution >= 4 is 0 Å². The maximum Gasteiger partial charge on any atom is 0.148 e. The van der Waals surface area contributed by atoms with Crippen LogP contribution in [0.25, 0.3) is 0 Å². The van der Waals surface area contributed by atoms with Crippen LogP contribution in [0.4, 0.5) is 0 Å². The standard InChI is InChI=1S/C10H18N4O/c1-8-11-12-13-14(8)7-10(15)6-9-4-2-3-5-9/h9-10,15H,2-7H2,1H3/t10-/m0/s1. The Morgan fingerprint density at radius 2 is 2.20 bits per heavy atom. The molecule has 0 unspecified atom stereocenters. The molecule has 15 heavy (non-hydrogen) atoms. The van der Waals surface area contributed by atoms with Crippen molar-refractivity contribution in [3.8, 4) is 0 Å². The first-order valence-electron chi connectivity index (χ1n) is 5.66. The number of aliphatic hydroxyl groups is 1. The number of aromatic nitrogens is 4. The van der Waals surface area contributed by atoms with Crippen LogP contribution in [-0.2, 0) is 6.54 Å². The Labute approximate surface area is 89.5 Å². The van der Waals surface area contributed by atoms with E-state index in [2.05, 4.69) is 15.5 Å². The van der Waals surface area contributed by atoms with Crippen molar-refractivity contribution in [1.82, 2.24) is 20.2 Å². The number of tetrazole rings is 1. The minimum atomic E-state index is -0.310. The van der Waals surface area contributed by atoms with Gasteiger partial charge in [0.25, 0.3) is 0 Å². The lowest BCUT2D eigenvalue weighted by molar-refractivity contribution is 0.119. The van der Waals surface area contributed by atoms with Crippen molar-refractivity contribution < 1.29 is 5.11 Å². The summed E-state index contributed by atoms with van der Waals surface area (Å²) >= 11 is 0. The van der Waals surface area contributed by atoms with Gasteiger partial charge in [-0.2, -0.15) is 0 Å². The van der Waals surface area contributed by atoms with Crippen LogP contribution in [0.2, 0.25) is 0 Å². The topological polar surface area (TPSA) is 63.8 Å². The van der Waals surface area contributed by atoms with Gasteiger partial charge in [0.15, 0.2) is 0 Å². The molecule has 2 rings (SSSR count). The SMILES string of the molecule is Cc1nnnn1C[C@@H](O)CC1CCCC1. The van der Waals surface area contributed by atoms with Crippen LogP contribution in [0.3, 0.4) is 0 Å². The highest BCUT2D eigenvalue weighted by molar-refractivity contribution is 4.76. The van der Waals surface area contributed by atoms with Crippen LogP contribution in [0, 0.1) is 12.8 Å². The molecule has 0 aromatic carbocycles. The monoisotopic (exact) mass is 210 g/mol. The molecule has 1 fully saturated rings. The molecule has 1 aromatic rings. The zero-order chi connectivity index (χ0) is 10.7. The van der Waals surface area contributed by atoms with Gasteiger partial charge in [-0.1, -0.05) is 25.7 Å². The van der Waals surface area contributed by atoms with Gasteiger partial charge >= 0.3 is 0 Å². The summed E-state index contributed by atoms with van der Waals surface area (Å²) in [6.45, 7) is 2.37. The van der Waals surface area contributed by atoms with Gasteiger partial charge in [0.1, 0.15) is 5.82 Å². The summed E-state index contributed by atoms with van der Waals surface area (Å²) in [6, 6.07) is 0. The van der Waals surface area contributed by atoms with Crippen LogP contribution < -0.4 is 0 Å². The highest BCUT2D eigenvalue weighted by Crippen LogP contribution is 2.28. The molecule has 0 bridgehead atoms.